The minimum atomic E-state index is 0.375. The lowest BCUT2D eigenvalue weighted by Crippen LogP contribution is -2.30. The lowest BCUT2D eigenvalue weighted by molar-refractivity contribution is -0.131. The fourth-order valence-corrected chi connectivity index (χ4v) is 3.92. The van der Waals surface area contributed by atoms with Crippen LogP contribution in [0.1, 0.15) is 64.2 Å². The number of nitrogens with zero attached hydrogens (tertiary/aromatic N) is 4. The molecule has 3 rings (SSSR count). The monoisotopic (exact) mass is 304 g/mol. The third-order valence-electron chi connectivity index (χ3n) is 5.25. The minimum Gasteiger partial charge on any atom is -0.342 e. The zero-order chi connectivity index (χ0) is 15.5. The van der Waals surface area contributed by atoms with Gasteiger partial charge in [-0.2, -0.15) is 0 Å². The summed E-state index contributed by atoms with van der Waals surface area (Å²) in [5, 5.41) is 8.30. The van der Waals surface area contributed by atoms with Crippen molar-refractivity contribution in [1.82, 2.24) is 19.7 Å². The molecule has 1 aromatic heterocycles. The molecule has 5 nitrogen and oxygen atoms in total. The Hall–Kier alpha value is -1.39. The molecule has 2 heterocycles. The average molecular weight is 304 g/mol. The fourth-order valence-electron chi connectivity index (χ4n) is 3.92. The van der Waals surface area contributed by atoms with Gasteiger partial charge < -0.3 is 9.47 Å². The van der Waals surface area contributed by atoms with Crippen LogP contribution in [0.25, 0.3) is 0 Å². The van der Waals surface area contributed by atoms with Crippen LogP contribution in [-0.4, -0.2) is 38.7 Å². The van der Waals surface area contributed by atoms with Gasteiger partial charge in [0.1, 0.15) is 12.2 Å². The van der Waals surface area contributed by atoms with Gasteiger partial charge in [0.2, 0.25) is 5.91 Å². The molecule has 1 aromatic rings. The number of rotatable bonds is 5. The zero-order valence-corrected chi connectivity index (χ0v) is 13.9. The molecule has 1 unspecified atom stereocenters. The normalized spacial score (nSPS) is 22.9. The summed E-state index contributed by atoms with van der Waals surface area (Å²) in [5.41, 5.74) is 0. The Morgan fingerprint density at radius 1 is 1.27 bits per heavy atom. The first-order valence-electron chi connectivity index (χ1n) is 8.79. The molecule has 0 spiro atoms. The summed E-state index contributed by atoms with van der Waals surface area (Å²) in [5.74, 6) is 2.62. The highest BCUT2D eigenvalue weighted by Crippen LogP contribution is 2.29. The number of amides is 1. The van der Waals surface area contributed by atoms with E-state index in [1.807, 2.05) is 6.33 Å². The number of carbonyl (C=O) groups excluding carboxylic acids is 1. The molecule has 0 aromatic carbocycles. The minimum absolute atomic E-state index is 0.375. The molecule has 1 aliphatic heterocycles. The number of aromatic nitrogens is 3. The van der Waals surface area contributed by atoms with Crippen molar-refractivity contribution in [1.29, 1.82) is 0 Å². The zero-order valence-electron chi connectivity index (χ0n) is 13.9. The Bertz CT molecular complexity index is 505. The summed E-state index contributed by atoms with van der Waals surface area (Å²) in [6, 6.07) is 0.395. The van der Waals surface area contributed by atoms with Crippen LogP contribution in [0, 0.1) is 11.8 Å². The van der Waals surface area contributed by atoms with E-state index in [4.69, 9.17) is 0 Å². The lowest BCUT2D eigenvalue weighted by Gasteiger charge is -2.19. The van der Waals surface area contributed by atoms with E-state index in [0.717, 1.165) is 38.2 Å². The number of hydrogen-bond acceptors (Lipinski definition) is 3. The first-order chi connectivity index (χ1) is 10.6. The van der Waals surface area contributed by atoms with Crippen molar-refractivity contribution < 1.29 is 4.79 Å². The molecular weight excluding hydrogens is 276 g/mol. The molecule has 5 heteroatoms. The highest BCUT2D eigenvalue weighted by atomic mass is 16.2. The Kier molecular flexibility index (Phi) is 4.79. The van der Waals surface area contributed by atoms with E-state index in [0.29, 0.717) is 23.8 Å². The average Bonchev–Trinajstić information content (AvgIpc) is 3.19. The molecule has 1 atom stereocenters. The molecule has 22 heavy (non-hydrogen) atoms. The van der Waals surface area contributed by atoms with Crippen LogP contribution in [0.3, 0.4) is 0 Å². The maximum Gasteiger partial charge on any atom is 0.222 e. The van der Waals surface area contributed by atoms with Crippen LogP contribution in [0.5, 0.6) is 0 Å². The summed E-state index contributed by atoms with van der Waals surface area (Å²) in [6.45, 7) is 6.13. The number of carbonyl (C=O) groups is 1. The summed E-state index contributed by atoms with van der Waals surface area (Å²) in [7, 11) is 0. The third-order valence-corrected chi connectivity index (χ3v) is 5.25. The van der Waals surface area contributed by atoms with Gasteiger partial charge in [0.15, 0.2) is 0 Å². The second kappa shape index (κ2) is 6.80. The van der Waals surface area contributed by atoms with E-state index in [1.54, 1.807) is 0 Å². The highest BCUT2D eigenvalue weighted by molar-refractivity contribution is 5.76. The van der Waals surface area contributed by atoms with Gasteiger partial charge in [0, 0.05) is 32.0 Å². The van der Waals surface area contributed by atoms with Crippen molar-refractivity contribution in [2.24, 2.45) is 11.8 Å². The second-order valence-electron chi connectivity index (χ2n) is 7.30. The van der Waals surface area contributed by atoms with E-state index >= 15 is 0 Å². The molecule has 122 valence electrons. The van der Waals surface area contributed by atoms with Gasteiger partial charge in [-0.1, -0.05) is 12.8 Å². The van der Waals surface area contributed by atoms with E-state index < -0.39 is 0 Å². The lowest BCUT2D eigenvalue weighted by atomic mass is 10.0. The molecule has 1 aliphatic carbocycles. The summed E-state index contributed by atoms with van der Waals surface area (Å²) < 4.78 is 2.14. The summed E-state index contributed by atoms with van der Waals surface area (Å²) in [6.07, 6.45) is 9.75. The van der Waals surface area contributed by atoms with Crippen LogP contribution in [0.2, 0.25) is 0 Å². The van der Waals surface area contributed by atoms with Crippen LogP contribution in [-0.2, 0) is 11.2 Å². The van der Waals surface area contributed by atoms with E-state index in [9.17, 15) is 4.79 Å². The molecular formula is C17H28N4O. The molecule has 0 N–H and O–H groups in total. The highest BCUT2D eigenvalue weighted by Gasteiger charge is 2.29. The van der Waals surface area contributed by atoms with Gasteiger partial charge >= 0.3 is 0 Å². The van der Waals surface area contributed by atoms with Crippen molar-refractivity contribution in [3.8, 4) is 0 Å². The van der Waals surface area contributed by atoms with Gasteiger partial charge in [0.05, 0.1) is 0 Å². The van der Waals surface area contributed by atoms with Gasteiger partial charge in [-0.3, -0.25) is 4.79 Å². The first kappa shape index (κ1) is 15.5. The van der Waals surface area contributed by atoms with Gasteiger partial charge in [-0.15, -0.1) is 10.2 Å². The second-order valence-corrected chi connectivity index (χ2v) is 7.30. The summed E-state index contributed by atoms with van der Waals surface area (Å²) in [4.78, 5) is 14.5. The molecule has 1 saturated carbocycles. The van der Waals surface area contributed by atoms with E-state index in [1.165, 1.54) is 25.7 Å². The fraction of sp³-hybridized carbons (Fsp3) is 0.824. The first-order valence-corrected chi connectivity index (χ1v) is 8.79. The Morgan fingerprint density at radius 3 is 2.77 bits per heavy atom. The van der Waals surface area contributed by atoms with E-state index in [2.05, 4.69) is 33.5 Å². The maximum absolute atomic E-state index is 12.4. The standard InChI is InChI=1S/C17H28N4O/c1-13(2)21-12-18-19-16(21)9-15-7-8-20(11-15)17(22)10-14-5-3-4-6-14/h12-15H,3-11H2,1-2H3. The van der Waals surface area contributed by atoms with Crippen molar-refractivity contribution in [2.75, 3.05) is 13.1 Å². The molecule has 0 radical (unpaired) electrons. The van der Waals surface area contributed by atoms with Gasteiger partial charge in [0.25, 0.3) is 0 Å². The van der Waals surface area contributed by atoms with Crippen LogP contribution < -0.4 is 0 Å². The van der Waals surface area contributed by atoms with Crippen LogP contribution >= 0.6 is 0 Å². The quantitative estimate of drug-likeness (QED) is 0.840. The molecule has 2 fully saturated rings. The molecule has 1 amide bonds. The van der Waals surface area contributed by atoms with Crippen molar-refractivity contribution in [2.45, 2.75) is 64.8 Å². The topological polar surface area (TPSA) is 51.0 Å². The number of likely N-dealkylation sites (tertiary alicyclic amines) is 1. The Labute approximate surface area is 133 Å². The number of hydrogen-bond donors (Lipinski definition) is 0. The van der Waals surface area contributed by atoms with Crippen molar-refractivity contribution >= 4 is 5.91 Å². The van der Waals surface area contributed by atoms with Crippen molar-refractivity contribution in [3.63, 3.8) is 0 Å². The molecule has 2 aliphatic rings. The predicted molar refractivity (Wildman–Crippen MR) is 85.4 cm³/mol. The smallest absolute Gasteiger partial charge is 0.222 e. The molecule has 1 saturated heterocycles. The Morgan fingerprint density at radius 2 is 2.05 bits per heavy atom. The molecule has 0 bridgehead atoms. The van der Waals surface area contributed by atoms with Crippen molar-refractivity contribution in [3.05, 3.63) is 12.2 Å². The Balaban J connectivity index is 1.51. The van der Waals surface area contributed by atoms with E-state index in [-0.39, 0.29) is 0 Å². The van der Waals surface area contributed by atoms with Crippen LogP contribution in [0.15, 0.2) is 6.33 Å². The summed E-state index contributed by atoms with van der Waals surface area (Å²) >= 11 is 0. The van der Waals surface area contributed by atoms with Crippen LogP contribution in [0.4, 0.5) is 0 Å². The third kappa shape index (κ3) is 3.50. The largest absolute Gasteiger partial charge is 0.342 e. The van der Waals surface area contributed by atoms with Gasteiger partial charge in [-0.25, -0.2) is 0 Å². The maximum atomic E-state index is 12.4. The predicted octanol–water partition coefficient (Wildman–Crippen LogP) is 2.83. The SMILES string of the molecule is CC(C)n1cnnc1CC1CCN(C(=O)CC2CCCC2)C1. The van der Waals surface area contributed by atoms with Gasteiger partial charge in [-0.05, 0) is 44.9 Å².